The standard InChI is InChI=1S/C12H14FN.C4H4O4/c1-14-8-6-10(7-9-14)11-4-2-3-5-12(11)13;5-3(6)1-2-4(7)8/h2-6H,7-9H2,1H3;1-2H,(H,5,6)(H,7,8)/b;2-1+. The van der Waals surface area contributed by atoms with Gasteiger partial charge >= 0.3 is 11.9 Å². The number of hydrogen-bond acceptors (Lipinski definition) is 3. The second-order valence-corrected chi connectivity index (χ2v) is 4.73. The molecule has 0 aliphatic carbocycles. The molecule has 0 saturated heterocycles. The van der Waals surface area contributed by atoms with Gasteiger partial charge in [-0.05, 0) is 25.1 Å². The first-order valence-corrected chi connectivity index (χ1v) is 6.66. The fourth-order valence-electron chi connectivity index (χ4n) is 1.88. The third-order valence-corrected chi connectivity index (χ3v) is 3.00. The molecule has 118 valence electrons. The Labute approximate surface area is 128 Å². The molecule has 0 spiro atoms. The van der Waals surface area contributed by atoms with Gasteiger partial charge in [-0.15, -0.1) is 0 Å². The van der Waals surface area contributed by atoms with E-state index in [1.807, 2.05) is 12.1 Å². The summed E-state index contributed by atoms with van der Waals surface area (Å²) in [4.78, 5) is 21.3. The zero-order valence-corrected chi connectivity index (χ0v) is 12.2. The van der Waals surface area contributed by atoms with Crippen LogP contribution in [0.2, 0.25) is 0 Å². The summed E-state index contributed by atoms with van der Waals surface area (Å²) in [5.41, 5.74) is 1.90. The average Bonchev–Trinajstić information content (AvgIpc) is 2.47. The first-order chi connectivity index (χ1) is 10.4. The van der Waals surface area contributed by atoms with Crippen molar-refractivity contribution in [1.82, 2.24) is 4.90 Å². The quantitative estimate of drug-likeness (QED) is 0.838. The van der Waals surface area contributed by atoms with Crippen molar-refractivity contribution in [2.75, 3.05) is 20.1 Å². The van der Waals surface area contributed by atoms with Gasteiger partial charge < -0.3 is 15.1 Å². The molecule has 0 fully saturated rings. The highest BCUT2D eigenvalue weighted by Gasteiger charge is 2.11. The Bertz CT molecular complexity index is 580. The fraction of sp³-hybridized carbons (Fsp3) is 0.250. The lowest BCUT2D eigenvalue weighted by Crippen LogP contribution is -2.23. The van der Waals surface area contributed by atoms with E-state index in [1.54, 1.807) is 6.07 Å². The summed E-state index contributed by atoms with van der Waals surface area (Å²) in [6.07, 6.45) is 4.17. The second-order valence-electron chi connectivity index (χ2n) is 4.73. The predicted molar refractivity (Wildman–Crippen MR) is 80.9 cm³/mol. The number of carboxylic acid groups (broad SMARTS) is 2. The highest BCUT2D eigenvalue weighted by atomic mass is 19.1. The van der Waals surface area contributed by atoms with Crippen molar-refractivity contribution < 1.29 is 24.2 Å². The van der Waals surface area contributed by atoms with Gasteiger partial charge in [-0.2, -0.15) is 0 Å². The molecular weight excluding hydrogens is 289 g/mol. The van der Waals surface area contributed by atoms with E-state index in [1.165, 1.54) is 6.07 Å². The largest absolute Gasteiger partial charge is 0.478 e. The van der Waals surface area contributed by atoms with Crippen molar-refractivity contribution >= 4 is 17.5 Å². The summed E-state index contributed by atoms with van der Waals surface area (Å²) < 4.78 is 13.4. The van der Waals surface area contributed by atoms with Gasteiger partial charge in [0.1, 0.15) is 5.82 Å². The van der Waals surface area contributed by atoms with Crippen LogP contribution >= 0.6 is 0 Å². The van der Waals surface area contributed by atoms with Crippen LogP contribution in [0, 0.1) is 5.82 Å². The zero-order valence-electron chi connectivity index (χ0n) is 12.2. The molecule has 2 N–H and O–H groups in total. The molecule has 2 rings (SSSR count). The predicted octanol–water partition coefficient (Wildman–Crippen LogP) is 2.26. The molecule has 1 aromatic carbocycles. The smallest absolute Gasteiger partial charge is 0.328 e. The van der Waals surface area contributed by atoms with Crippen LogP contribution in [0.1, 0.15) is 12.0 Å². The third kappa shape index (κ3) is 6.32. The summed E-state index contributed by atoms with van der Waals surface area (Å²) >= 11 is 0. The number of hydrogen-bond donors (Lipinski definition) is 2. The SMILES string of the molecule is CN1CC=C(c2ccccc2F)CC1.O=C(O)/C=C/C(=O)O. The first kappa shape index (κ1) is 17.6. The molecule has 0 unspecified atom stereocenters. The molecule has 1 aliphatic heterocycles. The Balaban J connectivity index is 0.000000261. The van der Waals surface area contributed by atoms with Crippen LogP contribution in [-0.2, 0) is 9.59 Å². The molecular formula is C16H18FNO4. The minimum Gasteiger partial charge on any atom is -0.478 e. The highest BCUT2D eigenvalue weighted by molar-refractivity contribution is 5.89. The van der Waals surface area contributed by atoms with Gasteiger partial charge in [0.15, 0.2) is 0 Å². The Morgan fingerprint density at radius 3 is 2.23 bits per heavy atom. The number of benzene rings is 1. The molecule has 0 atom stereocenters. The lowest BCUT2D eigenvalue weighted by molar-refractivity contribution is -0.134. The van der Waals surface area contributed by atoms with Crippen LogP contribution in [0.5, 0.6) is 0 Å². The van der Waals surface area contributed by atoms with E-state index in [9.17, 15) is 14.0 Å². The van der Waals surface area contributed by atoms with Crippen LogP contribution < -0.4 is 0 Å². The molecule has 0 saturated carbocycles. The molecule has 6 heteroatoms. The molecule has 0 amide bonds. The van der Waals surface area contributed by atoms with Gasteiger partial charge in [-0.25, -0.2) is 14.0 Å². The molecule has 0 bridgehead atoms. The van der Waals surface area contributed by atoms with Crippen molar-refractivity contribution in [1.29, 1.82) is 0 Å². The minimum absolute atomic E-state index is 0.108. The number of halogens is 1. The Kier molecular flexibility index (Phi) is 6.98. The Morgan fingerprint density at radius 2 is 1.77 bits per heavy atom. The van der Waals surface area contributed by atoms with E-state index < -0.39 is 11.9 Å². The summed E-state index contributed by atoms with van der Waals surface area (Å²) in [7, 11) is 2.08. The number of nitrogens with zero attached hydrogens (tertiary/aromatic N) is 1. The van der Waals surface area contributed by atoms with Crippen LogP contribution in [0.15, 0.2) is 42.5 Å². The maximum atomic E-state index is 13.4. The molecule has 22 heavy (non-hydrogen) atoms. The number of rotatable bonds is 3. The van der Waals surface area contributed by atoms with Crippen molar-refractivity contribution in [3.8, 4) is 0 Å². The number of aliphatic carboxylic acids is 2. The van der Waals surface area contributed by atoms with Crippen molar-refractivity contribution in [3.05, 3.63) is 53.9 Å². The molecule has 1 heterocycles. The average molecular weight is 307 g/mol. The second kappa shape index (κ2) is 8.74. The molecule has 1 aliphatic rings. The normalized spacial score (nSPS) is 14.9. The van der Waals surface area contributed by atoms with Crippen LogP contribution in [0.25, 0.3) is 5.57 Å². The van der Waals surface area contributed by atoms with E-state index in [4.69, 9.17) is 10.2 Å². The maximum Gasteiger partial charge on any atom is 0.328 e. The minimum atomic E-state index is -1.26. The van der Waals surface area contributed by atoms with Gasteiger partial charge in [0.25, 0.3) is 0 Å². The van der Waals surface area contributed by atoms with E-state index in [0.717, 1.165) is 30.6 Å². The lowest BCUT2D eigenvalue weighted by atomic mass is 9.99. The van der Waals surface area contributed by atoms with E-state index >= 15 is 0 Å². The maximum absolute atomic E-state index is 13.4. The first-order valence-electron chi connectivity index (χ1n) is 6.66. The lowest BCUT2D eigenvalue weighted by Gasteiger charge is -2.22. The number of carbonyl (C=O) groups is 2. The molecule has 0 aromatic heterocycles. The molecule has 1 aromatic rings. The van der Waals surface area contributed by atoms with Gasteiger partial charge in [0.2, 0.25) is 0 Å². The van der Waals surface area contributed by atoms with E-state index in [0.29, 0.717) is 12.2 Å². The number of likely N-dealkylation sites (N-methyl/N-ethyl adjacent to an activating group) is 1. The molecule has 5 nitrogen and oxygen atoms in total. The van der Waals surface area contributed by atoms with Crippen LogP contribution in [0.4, 0.5) is 4.39 Å². The monoisotopic (exact) mass is 307 g/mol. The Hall–Kier alpha value is -2.47. The van der Waals surface area contributed by atoms with Crippen molar-refractivity contribution in [2.24, 2.45) is 0 Å². The van der Waals surface area contributed by atoms with Gasteiger partial charge in [0.05, 0.1) is 0 Å². The Morgan fingerprint density at radius 1 is 1.18 bits per heavy atom. The highest BCUT2D eigenvalue weighted by Crippen LogP contribution is 2.23. The van der Waals surface area contributed by atoms with Gasteiger partial charge in [0, 0.05) is 30.8 Å². The van der Waals surface area contributed by atoms with E-state index in [-0.39, 0.29) is 5.82 Å². The van der Waals surface area contributed by atoms with E-state index in [2.05, 4.69) is 18.0 Å². The van der Waals surface area contributed by atoms with Crippen molar-refractivity contribution in [3.63, 3.8) is 0 Å². The fourth-order valence-corrected chi connectivity index (χ4v) is 1.88. The topological polar surface area (TPSA) is 77.8 Å². The van der Waals surface area contributed by atoms with Gasteiger partial charge in [-0.1, -0.05) is 24.3 Å². The summed E-state index contributed by atoms with van der Waals surface area (Å²) in [5, 5.41) is 15.6. The number of carboxylic acids is 2. The third-order valence-electron chi connectivity index (χ3n) is 3.00. The van der Waals surface area contributed by atoms with Gasteiger partial charge in [-0.3, -0.25) is 0 Å². The molecule has 0 radical (unpaired) electrons. The van der Waals surface area contributed by atoms with Crippen LogP contribution in [0.3, 0.4) is 0 Å². The summed E-state index contributed by atoms with van der Waals surface area (Å²) in [6.45, 7) is 1.93. The summed E-state index contributed by atoms with van der Waals surface area (Å²) in [6, 6.07) is 6.99. The zero-order chi connectivity index (χ0) is 16.5. The summed E-state index contributed by atoms with van der Waals surface area (Å²) in [5.74, 6) is -2.62. The van der Waals surface area contributed by atoms with Crippen LogP contribution in [-0.4, -0.2) is 47.2 Å². The van der Waals surface area contributed by atoms with Crippen molar-refractivity contribution in [2.45, 2.75) is 6.42 Å².